The molecule has 0 radical (unpaired) electrons. The molecule has 1 aliphatic rings. The summed E-state index contributed by atoms with van der Waals surface area (Å²) >= 11 is 0. The summed E-state index contributed by atoms with van der Waals surface area (Å²) in [5.74, 6) is 1.43. The Hall–Kier alpha value is -2.80. The van der Waals surface area contributed by atoms with Gasteiger partial charge in [0.1, 0.15) is 12.3 Å². The molecule has 1 fully saturated rings. The lowest BCUT2D eigenvalue weighted by atomic mass is 10.2. The molecule has 3 N–H and O–H groups in total. The average Bonchev–Trinajstić information content (AvgIpc) is 3.42. The molecule has 150 valence electrons. The van der Waals surface area contributed by atoms with Crippen molar-refractivity contribution < 1.29 is 9.21 Å². The molecular weight excluding hydrogens is 354 g/mol. The molecule has 0 spiro atoms. The second-order valence-electron chi connectivity index (χ2n) is 6.76. The number of guanidine groups is 1. The van der Waals surface area contributed by atoms with E-state index in [0.29, 0.717) is 12.5 Å². The van der Waals surface area contributed by atoms with Gasteiger partial charge in [0, 0.05) is 18.8 Å². The van der Waals surface area contributed by atoms with Gasteiger partial charge in [-0.15, -0.1) is 0 Å². The van der Waals surface area contributed by atoms with Crippen LogP contribution in [0.1, 0.15) is 31.6 Å². The van der Waals surface area contributed by atoms with Gasteiger partial charge in [-0.2, -0.15) is 0 Å². The van der Waals surface area contributed by atoms with Crippen LogP contribution < -0.4 is 16.0 Å². The molecular formula is C21H29N5O2. The van der Waals surface area contributed by atoms with Crippen molar-refractivity contribution in [1.82, 2.24) is 15.5 Å². The van der Waals surface area contributed by atoms with Crippen LogP contribution in [0.25, 0.3) is 0 Å². The molecule has 3 rings (SSSR count). The second kappa shape index (κ2) is 10.5. The van der Waals surface area contributed by atoms with Crippen LogP contribution in [-0.2, 0) is 4.79 Å². The van der Waals surface area contributed by atoms with Gasteiger partial charge in [0.15, 0.2) is 5.96 Å². The van der Waals surface area contributed by atoms with Crippen molar-refractivity contribution in [3.63, 3.8) is 0 Å². The van der Waals surface area contributed by atoms with Gasteiger partial charge < -0.3 is 20.4 Å². The summed E-state index contributed by atoms with van der Waals surface area (Å²) in [5.41, 5.74) is 0.771. The van der Waals surface area contributed by atoms with E-state index in [1.807, 2.05) is 49.4 Å². The number of carbonyl (C=O) groups excluding carboxylic acids is 1. The van der Waals surface area contributed by atoms with E-state index in [1.165, 1.54) is 12.8 Å². The second-order valence-corrected chi connectivity index (χ2v) is 6.76. The van der Waals surface area contributed by atoms with Crippen LogP contribution in [0, 0.1) is 0 Å². The topological polar surface area (TPSA) is 81.9 Å². The van der Waals surface area contributed by atoms with Crippen molar-refractivity contribution in [2.45, 2.75) is 25.8 Å². The van der Waals surface area contributed by atoms with E-state index in [-0.39, 0.29) is 18.5 Å². The molecule has 1 saturated heterocycles. The number of para-hydroxylation sites is 1. The first kappa shape index (κ1) is 19.9. The van der Waals surface area contributed by atoms with Crippen LogP contribution in [0.4, 0.5) is 5.69 Å². The number of furan rings is 1. The van der Waals surface area contributed by atoms with Crippen LogP contribution in [0.3, 0.4) is 0 Å². The molecule has 2 heterocycles. The first-order valence-electron chi connectivity index (χ1n) is 9.91. The number of nitrogens with one attached hydrogen (secondary N) is 3. The molecule has 0 saturated carbocycles. The molecule has 1 amide bonds. The van der Waals surface area contributed by atoms with E-state index in [4.69, 9.17) is 4.42 Å². The maximum atomic E-state index is 12.2. The Bertz CT molecular complexity index is 739. The standard InChI is InChI=1S/C21H29N5O2/c1-2-22-21(24-16-20(27)25-17-9-4-3-5-10-17)23-15-18(19-11-8-14-28-19)26-12-6-7-13-26/h3-5,8-11,14,18H,2,6-7,12-13,15-16H2,1H3,(H,25,27)(H2,22,23,24). The molecule has 1 aromatic carbocycles. The highest BCUT2D eigenvalue weighted by Gasteiger charge is 2.25. The average molecular weight is 383 g/mol. The predicted molar refractivity (Wildman–Crippen MR) is 111 cm³/mol. The zero-order valence-electron chi connectivity index (χ0n) is 16.4. The van der Waals surface area contributed by atoms with Gasteiger partial charge >= 0.3 is 0 Å². The van der Waals surface area contributed by atoms with Crippen LogP contribution in [-0.4, -0.2) is 49.5 Å². The van der Waals surface area contributed by atoms with E-state index in [2.05, 4.69) is 25.8 Å². The SMILES string of the molecule is CCNC(=NCC(=O)Nc1ccccc1)NCC(c1ccco1)N1CCCC1. The van der Waals surface area contributed by atoms with Gasteiger partial charge in [-0.25, -0.2) is 4.99 Å². The van der Waals surface area contributed by atoms with Crippen LogP contribution >= 0.6 is 0 Å². The third kappa shape index (κ3) is 5.85. The molecule has 1 aliphatic heterocycles. The minimum Gasteiger partial charge on any atom is -0.468 e. The molecule has 7 nitrogen and oxygen atoms in total. The summed E-state index contributed by atoms with van der Waals surface area (Å²) in [6, 6.07) is 13.5. The first-order chi connectivity index (χ1) is 13.8. The number of hydrogen-bond donors (Lipinski definition) is 3. The van der Waals surface area contributed by atoms with E-state index < -0.39 is 0 Å². The largest absolute Gasteiger partial charge is 0.468 e. The fourth-order valence-electron chi connectivity index (χ4n) is 3.35. The summed E-state index contributed by atoms with van der Waals surface area (Å²) in [6.45, 7) is 5.59. The molecule has 2 aromatic rings. The number of aliphatic imine (C=N–C) groups is 1. The van der Waals surface area contributed by atoms with Crippen molar-refractivity contribution in [2.24, 2.45) is 4.99 Å². The van der Waals surface area contributed by atoms with Gasteiger partial charge in [-0.1, -0.05) is 18.2 Å². The van der Waals surface area contributed by atoms with Gasteiger partial charge in [0.05, 0.1) is 12.3 Å². The van der Waals surface area contributed by atoms with Crippen molar-refractivity contribution >= 4 is 17.6 Å². The smallest absolute Gasteiger partial charge is 0.246 e. The third-order valence-electron chi connectivity index (χ3n) is 4.70. The van der Waals surface area contributed by atoms with Crippen LogP contribution in [0.5, 0.6) is 0 Å². The number of nitrogens with zero attached hydrogens (tertiary/aromatic N) is 2. The highest BCUT2D eigenvalue weighted by atomic mass is 16.3. The number of benzene rings is 1. The lowest BCUT2D eigenvalue weighted by Gasteiger charge is -2.26. The summed E-state index contributed by atoms with van der Waals surface area (Å²) in [5, 5.41) is 9.41. The Morgan fingerprint density at radius 2 is 1.93 bits per heavy atom. The molecule has 28 heavy (non-hydrogen) atoms. The maximum absolute atomic E-state index is 12.2. The Kier molecular flexibility index (Phi) is 7.49. The molecule has 1 atom stereocenters. The van der Waals surface area contributed by atoms with Crippen LogP contribution in [0.2, 0.25) is 0 Å². The number of likely N-dealkylation sites (tertiary alicyclic amines) is 1. The molecule has 0 bridgehead atoms. The van der Waals surface area contributed by atoms with Crippen molar-refractivity contribution in [1.29, 1.82) is 0 Å². The minimum absolute atomic E-state index is 0.0549. The summed E-state index contributed by atoms with van der Waals surface area (Å²) in [7, 11) is 0. The lowest BCUT2D eigenvalue weighted by Crippen LogP contribution is -2.43. The molecule has 1 unspecified atom stereocenters. The highest BCUT2D eigenvalue weighted by molar-refractivity contribution is 5.94. The molecule has 1 aromatic heterocycles. The fraction of sp³-hybridized carbons (Fsp3) is 0.429. The Labute approximate surface area is 166 Å². The first-order valence-corrected chi connectivity index (χ1v) is 9.91. The van der Waals surface area contributed by atoms with Gasteiger partial charge in [0.25, 0.3) is 0 Å². The Morgan fingerprint density at radius 1 is 1.14 bits per heavy atom. The summed E-state index contributed by atoms with van der Waals surface area (Å²) in [6.07, 6.45) is 4.14. The highest BCUT2D eigenvalue weighted by Crippen LogP contribution is 2.24. The Balaban J connectivity index is 1.57. The third-order valence-corrected chi connectivity index (χ3v) is 4.70. The zero-order valence-corrected chi connectivity index (χ0v) is 16.4. The zero-order chi connectivity index (χ0) is 19.6. The van der Waals surface area contributed by atoms with Gasteiger partial charge in [0.2, 0.25) is 5.91 Å². The van der Waals surface area contributed by atoms with Crippen molar-refractivity contribution in [3.05, 3.63) is 54.5 Å². The van der Waals surface area contributed by atoms with Crippen molar-refractivity contribution in [3.8, 4) is 0 Å². The van der Waals surface area contributed by atoms with Gasteiger partial charge in [-0.05, 0) is 57.1 Å². The monoisotopic (exact) mass is 383 g/mol. The van der Waals surface area contributed by atoms with Gasteiger partial charge in [-0.3, -0.25) is 9.69 Å². The van der Waals surface area contributed by atoms with E-state index in [9.17, 15) is 4.79 Å². The Morgan fingerprint density at radius 3 is 2.61 bits per heavy atom. The quantitative estimate of drug-likeness (QED) is 0.482. The number of carbonyl (C=O) groups is 1. The number of rotatable bonds is 8. The summed E-state index contributed by atoms with van der Waals surface area (Å²) < 4.78 is 5.66. The van der Waals surface area contributed by atoms with Crippen LogP contribution in [0.15, 0.2) is 58.1 Å². The predicted octanol–water partition coefficient (Wildman–Crippen LogP) is 2.61. The fourth-order valence-corrected chi connectivity index (χ4v) is 3.35. The summed E-state index contributed by atoms with van der Waals surface area (Å²) in [4.78, 5) is 19.0. The number of hydrogen-bond acceptors (Lipinski definition) is 4. The van der Waals surface area contributed by atoms with Crippen molar-refractivity contribution in [2.75, 3.05) is 38.0 Å². The minimum atomic E-state index is -0.148. The van der Waals surface area contributed by atoms with E-state index >= 15 is 0 Å². The number of amides is 1. The lowest BCUT2D eigenvalue weighted by molar-refractivity contribution is -0.114. The molecule has 0 aliphatic carbocycles. The normalized spacial score (nSPS) is 16.0. The molecule has 7 heteroatoms. The van der Waals surface area contributed by atoms with E-state index in [1.54, 1.807) is 6.26 Å². The maximum Gasteiger partial charge on any atom is 0.246 e. The number of anilines is 1. The van der Waals surface area contributed by atoms with E-state index in [0.717, 1.165) is 31.1 Å².